The molecular formula is C14H7BrClNO3S. The van der Waals surface area contributed by atoms with Gasteiger partial charge in [-0.15, -0.1) is 0 Å². The second kappa shape index (κ2) is 5.71. The number of hydrogen-bond acceptors (Lipinski definition) is 4. The molecule has 2 heterocycles. The van der Waals surface area contributed by atoms with E-state index in [-0.39, 0.29) is 11.1 Å². The fourth-order valence-electron chi connectivity index (χ4n) is 1.82. The minimum Gasteiger partial charge on any atom is -0.450 e. The van der Waals surface area contributed by atoms with Gasteiger partial charge in [0.25, 0.3) is 11.1 Å². The number of hydrogen-bond donors (Lipinski definition) is 0. The van der Waals surface area contributed by atoms with Gasteiger partial charge < -0.3 is 4.42 Å². The summed E-state index contributed by atoms with van der Waals surface area (Å²) in [5, 5.41) is 0.195. The molecule has 2 aromatic rings. The highest BCUT2D eigenvalue weighted by atomic mass is 79.9. The maximum Gasteiger partial charge on any atom is 0.298 e. The third-order valence-electron chi connectivity index (χ3n) is 2.75. The Labute approximate surface area is 137 Å². The van der Waals surface area contributed by atoms with E-state index in [0.717, 1.165) is 16.7 Å². The average molecular weight is 385 g/mol. The number of halogens is 2. The van der Waals surface area contributed by atoms with Gasteiger partial charge in [-0.05, 0) is 64.1 Å². The third-order valence-corrected chi connectivity index (χ3v) is 4.29. The molecule has 21 heavy (non-hydrogen) atoms. The number of amides is 2. The zero-order valence-electron chi connectivity index (χ0n) is 10.4. The van der Waals surface area contributed by atoms with Crippen LogP contribution in [0.3, 0.4) is 0 Å². The van der Waals surface area contributed by atoms with Crippen molar-refractivity contribution in [2.24, 2.45) is 0 Å². The van der Waals surface area contributed by atoms with Crippen LogP contribution in [-0.4, -0.2) is 11.1 Å². The maximum absolute atomic E-state index is 12.3. The molecule has 7 heteroatoms. The van der Waals surface area contributed by atoms with E-state index in [9.17, 15) is 9.59 Å². The van der Waals surface area contributed by atoms with Crippen LogP contribution in [0.25, 0.3) is 6.08 Å². The van der Waals surface area contributed by atoms with Crippen molar-refractivity contribution >= 4 is 62.2 Å². The van der Waals surface area contributed by atoms with Gasteiger partial charge >= 0.3 is 0 Å². The number of nitrogens with zero attached hydrogens (tertiary/aromatic N) is 1. The normalized spacial score (nSPS) is 17.0. The lowest BCUT2D eigenvalue weighted by Crippen LogP contribution is -2.27. The molecule has 1 aliphatic heterocycles. The van der Waals surface area contributed by atoms with Gasteiger partial charge in [-0.1, -0.05) is 11.6 Å². The molecule has 0 N–H and O–H groups in total. The first kappa shape index (κ1) is 14.4. The molecule has 1 saturated heterocycles. The Balaban J connectivity index is 1.92. The summed E-state index contributed by atoms with van der Waals surface area (Å²) < 4.78 is 5.87. The summed E-state index contributed by atoms with van der Waals surface area (Å²) in [4.78, 5) is 25.8. The molecule has 1 aromatic heterocycles. The van der Waals surface area contributed by atoms with Crippen LogP contribution in [0.2, 0.25) is 5.02 Å². The second-order valence-electron chi connectivity index (χ2n) is 4.14. The van der Waals surface area contributed by atoms with Crippen molar-refractivity contribution in [2.45, 2.75) is 0 Å². The number of benzene rings is 1. The molecule has 0 atom stereocenters. The van der Waals surface area contributed by atoms with Crippen molar-refractivity contribution in [1.82, 2.24) is 0 Å². The summed E-state index contributed by atoms with van der Waals surface area (Å²) >= 11 is 9.87. The van der Waals surface area contributed by atoms with Crippen LogP contribution in [0.5, 0.6) is 0 Å². The van der Waals surface area contributed by atoms with Crippen LogP contribution in [-0.2, 0) is 4.79 Å². The summed E-state index contributed by atoms with van der Waals surface area (Å²) in [6.45, 7) is 0. The van der Waals surface area contributed by atoms with Crippen LogP contribution < -0.4 is 4.90 Å². The first-order chi connectivity index (χ1) is 10.0. The number of rotatable bonds is 2. The fraction of sp³-hybridized carbons (Fsp3) is 0. The highest BCUT2D eigenvalue weighted by Crippen LogP contribution is 2.36. The minimum absolute atomic E-state index is 0.316. The quantitative estimate of drug-likeness (QED) is 0.688. The summed E-state index contributed by atoms with van der Waals surface area (Å²) in [6.07, 6.45) is 1.55. The Morgan fingerprint density at radius 2 is 1.86 bits per heavy atom. The van der Waals surface area contributed by atoms with Crippen LogP contribution in [0.1, 0.15) is 5.76 Å². The highest BCUT2D eigenvalue weighted by molar-refractivity contribution is 9.10. The minimum atomic E-state index is -0.375. The van der Waals surface area contributed by atoms with Crippen molar-refractivity contribution in [1.29, 1.82) is 0 Å². The SMILES string of the molecule is O=C1SC(=Cc2ccc(Br)o2)C(=O)N1c1ccc(Cl)cc1. The lowest BCUT2D eigenvalue weighted by molar-refractivity contribution is -0.113. The van der Waals surface area contributed by atoms with Crippen molar-refractivity contribution in [3.8, 4) is 0 Å². The topological polar surface area (TPSA) is 50.5 Å². The van der Waals surface area contributed by atoms with E-state index in [0.29, 0.717) is 26.0 Å². The van der Waals surface area contributed by atoms with Crippen molar-refractivity contribution in [3.63, 3.8) is 0 Å². The molecule has 106 valence electrons. The number of carbonyl (C=O) groups excluding carboxylic acids is 2. The Kier molecular flexibility index (Phi) is 3.93. The largest absolute Gasteiger partial charge is 0.450 e. The lowest BCUT2D eigenvalue weighted by atomic mass is 10.3. The van der Waals surface area contributed by atoms with Gasteiger partial charge in [0.15, 0.2) is 4.67 Å². The number of furan rings is 1. The Bertz CT molecular complexity index is 754. The molecule has 4 nitrogen and oxygen atoms in total. The molecule has 2 amide bonds. The van der Waals surface area contributed by atoms with Gasteiger partial charge in [0, 0.05) is 11.1 Å². The molecule has 1 aromatic carbocycles. The van der Waals surface area contributed by atoms with Crippen molar-refractivity contribution in [2.75, 3.05) is 4.90 Å². The lowest BCUT2D eigenvalue weighted by Gasteiger charge is -2.11. The van der Waals surface area contributed by atoms with Crippen LogP contribution in [0, 0.1) is 0 Å². The fourth-order valence-corrected chi connectivity index (χ4v) is 3.08. The molecule has 0 radical (unpaired) electrons. The Hall–Kier alpha value is -1.50. The number of thioether (sulfide) groups is 1. The number of imide groups is 1. The van der Waals surface area contributed by atoms with Gasteiger partial charge in [0.05, 0.1) is 10.6 Å². The highest BCUT2D eigenvalue weighted by Gasteiger charge is 2.36. The molecule has 1 aliphatic rings. The van der Waals surface area contributed by atoms with Gasteiger partial charge in [0.1, 0.15) is 5.76 Å². The monoisotopic (exact) mass is 383 g/mol. The molecule has 0 unspecified atom stereocenters. The van der Waals surface area contributed by atoms with Crippen molar-refractivity contribution < 1.29 is 14.0 Å². The number of carbonyl (C=O) groups is 2. The summed E-state index contributed by atoms with van der Waals surface area (Å²) in [5.74, 6) is 0.128. The zero-order valence-corrected chi connectivity index (χ0v) is 13.5. The first-order valence-corrected chi connectivity index (χ1v) is 7.82. The van der Waals surface area contributed by atoms with Crippen LogP contribution in [0.15, 0.2) is 50.4 Å². The smallest absolute Gasteiger partial charge is 0.298 e. The second-order valence-corrected chi connectivity index (χ2v) is 6.35. The maximum atomic E-state index is 12.3. The molecular weight excluding hydrogens is 378 g/mol. The average Bonchev–Trinajstić information content (AvgIpc) is 2.96. The van der Waals surface area contributed by atoms with E-state index in [1.165, 1.54) is 0 Å². The summed E-state index contributed by atoms with van der Waals surface area (Å²) in [6, 6.07) is 9.95. The van der Waals surface area contributed by atoms with Crippen LogP contribution in [0.4, 0.5) is 10.5 Å². The predicted octanol–water partition coefficient (Wildman–Crippen LogP) is 4.94. The van der Waals surface area contributed by atoms with E-state index in [2.05, 4.69) is 15.9 Å². The van der Waals surface area contributed by atoms with E-state index < -0.39 is 0 Å². The standard InChI is InChI=1S/C14H7BrClNO3S/c15-12-6-5-10(20-12)7-11-13(18)17(14(19)21-11)9-3-1-8(16)2-4-9/h1-7H. The van der Waals surface area contributed by atoms with Gasteiger partial charge in [-0.25, -0.2) is 4.90 Å². The van der Waals surface area contributed by atoms with E-state index in [1.807, 2.05) is 0 Å². The molecule has 1 fully saturated rings. The summed E-state index contributed by atoms with van der Waals surface area (Å²) in [5.41, 5.74) is 0.492. The molecule has 0 aliphatic carbocycles. The Morgan fingerprint density at radius 1 is 1.14 bits per heavy atom. The summed E-state index contributed by atoms with van der Waals surface area (Å²) in [7, 11) is 0. The molecule has 0 saturated carbocycles. The van der Waals surface area contributed by atoms with Gasteiger partial charge in [-0.2, -0.15) is 0 Å². The van der Waals surface area contributed by atoms with E-state index in [1.54, 1.807) is 42.5 Å². The van der Waals surface area contributed by atoms with E-state index >= 15 is 0 Å². The molecule has 0 spiro atoms. The van der Waals surface area contributed by atoms with Crippen LogP contribution >= 0.6 is 39.3 Å². The number of anilines is 1. The van der Waals surface area contributed by atoms with Gasteiger partial charge in [0.2, 0.25) is 0 Å². The molecule has 3 rings (SSSR count). The van der Waals surface area contributed by atoms with E-state index in [4.69, 9.17) is 16.0 Å². The zero-order chi connectivity index (χ0) is 15.0. The Morgan fingerprint density at radius 3 is 2.48 bits per heavy atom. The first-order valence-electron chi connectivity index (χ1n) is 5.83. The predicted molar refractivity (Wildman–Crippen MR) is 86.3 cm³/mol. The van der Waals surface area contributed by atoms with Gasteiger partial charge in [-0.3, -0.25) is 9.59 Å². The molecule has 0 bridgehead atoms. The van der Waals surface area contributed by atoms with Crippen molar-refractivity contribution in [3.05, 3.63) is 56.8 Å². The third kappa shape index (κ3) is 2.92.